The van der Waals surface area contributed by atoms with Gasteiger partial charge in [0.2, 0.25) is 0 Å². The zero-order chi connectivity index (χ0) is 18.4. The summed E-state index contributed by atoms with van der Waals surface area (Å²) < 4.78 is 44.2. The zero-order valence-corrected chi connectivity index (χ0v) is 14.6. The summed E-state index contributed by atoms with van der Waals surface area (Å²) in [6.07, 6.45) is 3.25. The highest BCUT2D eigenvalue weighted by Gasteiger charge is 2.29. The second-order valence-corrected chi connectivity index (χ2v) is 6.84. The molecule has 1 atom stereocenters. The zero-order valence-electron chi connectivity index (χ0n) is 13.9. The summed E-state index contributed by atoms with van der Waals surface area (Å²) in [6, 6.07) is 1.62. The Hall–Kier alpha value is -2.35. The third kappa shape index (κ3) is 2.68. The van der Waals surface area contributed by atoms with E-state index >= 15 is 0 Å². The molecule has 0 spiro atoms. The monoisotopic (exact) mass is 381 g/mol. The van der Waals surface area contributed by atoms with Gasteiger partial charge in [-0.2, -0.15) is 19.6 Å². The van der Waals surface area contributed by atoms with E-state index in [-0.39, 0.29) is 16.5 Å². The van der Waals surface area contributed by atoms with Crippen molar-refractivity contribution in [3.05, 3.63) is 41.1 Å². The number of fused-ring (bicyclic) bond motifs is 1. The van der Waals surface area contributed by atoms with Crippen LogP contribution < -0.4 is 4.90 Å². The molecule has 0 radical (unpaired) electrons. The fourth-order valence-electron chi connectivity index (χ4n) is 3.45. The third-order valence-corrected chi connectivity index (χ3v) is 4.88. The summed E-state index contributed by atoms with van der Waals surface area (Å²) >= 11 is 6.28. The van der Waals surface area contributed by atoms with E-state index in [1.54, 1.807) is 0 Å². The second kappa shape index (κ2) is 6.42. The molecule has 0 aliphatic carbocycles. The Morgan fingerprint density at radius 1 is 1.15 bits per heavy atom. The van der Waals surface area contributed by atoms with Crippen molar-refractivity contribution in [3.63, 3.8) is 0 Å². The van der Waals surface area contributed by atoms with Crippen molar-refractivity contribution >= 4 is 23.2 Å². The van der Waals surface area contributed by atoms with Crippen molar-refractivity contribution < 1.29 is 13.2 Å². The molecule has 0 N–H and O–H groups in total. The Labute approximate surface area is 152 Å². The molecule has 9 heteroatoms. The Morgan fingerprint density at radius 3 is 2.69 bits per heavy atom. The molecule has 26 heavy (non-hydrogen) atoms. The van der Waals surface area contributed by atoms with Crippen LogP contribution in [0.25, 0.3) is 16.9 Å². The number of piperidine rings is 1. The number of hydrogen-bond acceptors (Lipinski definition) is 4. The molecule has 3 heterocycles. The second-order valence-electron chi connectivity index (χ2n) is 6.48. The van der Waals surface area contributed by atoms with Gasteiger partial charge in [0, 0.05) is 13.1 Å². The Bertz CT molecular complexity index is 990. The van der Waals surface area contributed by atoms with Crippen LogP contribution in [-0.4, -0.2) is 32.7 Å². The van der Waals surface area contributed by atoms with Crippen molar-refractivity contribution in [3.8, 4) is 11.1 Å². The van der Waals surface area contributed by atoms with Gasteiger partial charge in [0.15, 0.2) is 11.6 Å². The highest BCUT2D eigenvalue weighted by molar-refractivity contribution is 6.33. The van der Waals surface area contributed by atoms with Gasteiger partial charge in [0.25, 0.3) is 5.78 Å². The van der Waals surface area contributed by atoms with Crippen LogP contribution in [0.1, 0.15) is 19.8 Å². The van der Waals surface area contributed by atoms with Crippen molar-refractivity contribution in [2.75, 3.05) is 18.0 Å². The predicted molar refractivity (Wildman–Crippen MR) is 91.7 cm³/mol. The van der Waals surface area contributed by atoms with Crippen LogP contribution in [0.4, 0.5) is 19.0 Å². The fraction of sp³-hybridized carbons (Fsp3) is 0.353. The molecule has 1 aliphatic heterocycles. The minimum atomic E-state index is -1.31. The number of anilines is 1. The van der Waals surface area contributed by atoms with Crippen LogP contribution in [0.15, 0.2) is 18.5 Å². The molecule has 136 valence electrons. The van der Waals surface area contributed by atoms with Gasteiger partial charge in [0.1, 0.15) is 23.1 Å². The molecule has 3 aromatic rings. The summed E-state index contributed by atoms with van der Waals surface area (Å²) in [5.41, 5.74) is -0.568. The van der Waals surface area contributed by atoms with E-state index in [0.717, 1.165) is 25.0 Å². The molecule has 1 unspecified atom stereocenters. The van der Waals surface area contributed by atoms with Crippen LogP contribution in [-0.2, 0) is 0 Å². The summed E-state index contributed by atoms with van der Waals surface area (Å²) in [5.74, 6) is -2.42. The molecule has 1 aliphatic rings. The summed E-state index contributed by atoms with van der Waals surface area (Å²) in [5, 5.41) is 3.98. The number of halogens is 4. The van der Waals surface area contributed by atoms with Gasteiger partial charge in [-0.05, 0) is 30.9 Å². The van der Waals surface area contributed by atoms with Crippen molar-refractivity contribution in [2.24, 2.45) is 5.92 Å². The molecular formula is C17H15ClF3N5. The molecular weight excluding hydrogens is 367 g/mol. The van der Waals surface area contributed by atoms with Crippen molar-refractivity contribution in [1.82, 2.24) is 19.6 Å². The number of benzene rings is 1. The number of rotatable bonds is 2. The van der Waals surface area contributed by atoms with Gasteiger partial charge in [-0.3, -0.25) is 0 Å². The first-order chi connectivity index (χ1) is 12.5. The van der Waals surface area contributed by atoms with Gasteiger partial charge in [-0.15, -0.1) is 0 Å². The van der Waals surface area contributed by atoms with E-state index in [4.69, 9.17) is 11.6 Å². The number of aromatic nitrogens is 4. The van der Waals surface area contributed by atoms with E-state index in [1.165, 1.54) is 10.8 Å². The Morgan fingerprint density at radius 2 is 1.92 bits per heavy atom. The SMILES string of the molecule is CC1CCCN(c2c(-c3c(F)ccc(F)c3F)c(Cl)nc3ncnn23)C1. The first-order valence-corrected chi connectivity index (χ1v) is 8.63. The average Bonchev–Trinajstić information content (AvgIpc) is 3.06. The molecule has 5 nitrogen and oxygen atoms in total. The quantitative estimate of drug-likeness (QED) is 0.495. The van der Waals surface area contributed by atoms with Gasteiger partial charge in [-0.1, -0.05) is 18.5 Å². The summed E-state index contributed by atoms with van der Waals surface area (Å²) in [6.45, 7) is 3.41. The van der Waals surface area contributed by atoms with Crippen molar-refractivity contribution in [2.45, 2.75) is 19.8 Å². The highest BCUT2D eigenvalue weighted by Crippen LogP contribution is 2.40. The Kier molecular flexibility index (Phi) is 4.22. The molecule has 0 amide bonds. The fourth-order valence-corrected chi connectivity index (χ4v) is 3.70. The standard InChI is InChI=1S/C17H15ClF3N5/c1-9-3-2-6-25(7-9)16-13(12-10(19)4-5-11(20)14(12)21)15(18)24-17-22-8-23-26(16)17/h4-5,8-9H,2-3,6-7H2,1H3. The van der Waals surface area contributed by atoms with Gasteiger partial charge in [0.05, 0.1) is 11.1 Å². The van der Waals surface area contributed by atoms with Crippen LogP contribution in [0.3, 0.4) is 0 Å². The van der Waals surface area contributed by atoms with Gasteiger partial charge in [-0.25, -0.2) is 13.2 Å². The van der Waals surface area contributed by atoms with Gasteiger partial charge >= 0.3 is 0 Å². The molecule has 1 aromatic carbocycles. The van der Waals surface area contributed by atoms with Crippen LogP contribution in [0, 0.1) is 23.4 Å². The van der Waals surface area contributed by atoms with Crippen LogP contribution in [0.5, 0.6) is 0 Å². The highest BCUT2D eigenvalue weighted by atomic mass is 35.5. The molecule has 0 saturated carbocycles. The smallest absolute Gasteiger partial charge is 0.255 e. The third-order valence-electron chi connectivity index (χ3n) is 4.61. The van der Waals surface area contributed by atoms with E-state index < -0.39 is 23.0 Å². The molecule has 4 rings (SSSR count). The number of nitrogens with zero attached hydrogens (tertiary/aromatic N) is 5. The van der Waals surface area contributed by atoms with E-state index in [0.29, 0.717) is 24.8 Å². The minimum absolute atomic E-state index is 0.0201. The minimum Gasteiger partial charge on any atom is -0.356 e. The lowest BCUT2D eigenvalue weighted by molar-refractivity contribution is 0.442. The molecule has 0 bridgehead atoms. The van der Waals surface area contributed by atoms with Crippen molar-refractivity contribution in [1.29, 1.82) is 0 Å². The Balaban J connectivity index is 2.05. The first-order valence-electron chi connectivity index (χ1n) is 8.25. The van der Waals surface area contributed by atoms with Gasteiger partial charge < -0.3 is 4.90 Å². The summed E-state index contributed by atoms with van der Waals surface area (Å²) in [4.78, 5) is 10.0. The molecule has 1 fully saturated rings. The maximum Gasteiger partial charge on any atom is 0.255 e. The maximum absolute atomic E-state index is 14.5. The number of hydrogen-bond donors (Lipinski definition) is 0. The lowest BCUT2D eigenvalue weighted by Crippen LogP contribution is -2.36. The normalized spacial score (nSPS) is 17.9. The molecule has 1 saturated heterocycles. The van der Waals surface area contributed by atoms with Crippen LogP contribution in [0.2, 0.25) is 5.15 Å². The predicted octanol–water partition coefficient (Wildman–Crippen LogP) is 4.10. The first kappa shape index (κ1) is 17.1. The largest absolute Gasteiger partial charge is 0.356 e. The van der Waals surface area contributed by atoms with Crippen LogP contribution >= 0.6 is 11.6 Å². The average molecular weight is 382 g/mol. The maximum atomic E-state index is 14.5. The van der Waals surface area contributed by atoms with E-state index in [1.807, 2.05) is 4.90 Å². The summed E-state index contributed by atoms with van der Waals surface area (Å²) in [7, 11) is 0. The topological polar surface area (TPSA) is 46.3 Å². The molecule has 2 aromatic heterocycles. The van der Waals surface area contributed by atoms with E-state index in [9.17, 15) is 13.2 Å². The lowest BCUT2D eigenvalue weighted by Gasteiger charge is -2.34. The van der Waals surface area contributed by atoms with E-state index in [2.05, 4.69) is 22.0 Å². The lowest BCUT2D eigenvalue weighted by atomic mass is 9.99.